The zero-order valence-corrected chi connectivity index (χ0v) is 54.1. The number of anilines is 1. The van der Waals surface area contributed by atoms with Crippen LogP contribution in [0.15, 0.2) is 94.7 Å². The standard InChI is InChI=1S/C72H96ClN2O12/c1-44-30-34-52-46(3)63(80-65-71(52)50(44)38-40-69(9,82-65)84-86-71)78-60(76)28-13-11-19-42-74-56-26-17-15-24-54(56)67(5,6)58(74)36-32-48-22-21-23-49(62(48)73)33-37-59-68(7,8)55-25-16-18-27-57(55)75(59)43-20-12-14-29-61(77)79-64-47(4)53-35-31-45(2)51-39-41-70(10)83-66(81-64)72(51,53)87-85-70/h15-18,24-27,32-33,36-37,44-47,50-53,63-66H,11-14,19-23,28-31,34-35,38-43H2,1-10H3/q+1/t44-,45-,46-,47-,50+,51+,52+,53+,63?,64?,65-,66-,69+,70+,71-,72-/m1/s1. The molecule has 3 aliphatic carbocycles. The minimum atomic E-state index is -0.879. The van der Waals surface area contributed by atoms with Crippen LogP contribution in [0.2, 0.25) is 0 Å². The fourth-order valence-electron chi connectivity index (χ4n) is 18.2. The van der Waals surface area contributed by atoms with Crippen molar-refractivity contribution in [2.24, 2.45) is 47.3 Å². The molecule has 2 unspecified atom stereocenters. The summed E-state index contributed by atoms with van der Waals surface area (Å²) in [6.45, 7) is 23.6. The Balaban J connectivity index is 0.634. The Kier molecular flexibility index (Phi) is 16.9. The Morgan fingerprint density at radius 3 is 1.79 bits per heavy atom. The lowest BCUT2D eigenvalue weighted by Crippen LogP contribution is -2.70. The predicted molar refractivity (Wildman–Crippen MR) is 331 cm³/mol. The number of unbranched alkanes of at least 4 members (excludes halogenated alkanes) is 4. The van der Waals surface area contributed by atoms with Crippen molar-refractivity contribution in [1.82, 2.24) is 0 Å². The Morgan fingerprint density at radius 1 is 0.621 bits per heavy atom. The molecule has 87 heavy (non-hydrogen) atoms. The van der Waals surface area contributed by atoms with Gasteiger partial charge in [0, 0.05) is 102 Å². The monoisotopic (exact) mass is 1220 g/mol. The maximum atomic E-state index is 13.6. The van der Waals surface area contributed by atoms with Gasteiger partial charge in [-0.25, -0.2) is 19.6 Å². The molecule has 472 valence electrons. The van der Waals surface area contributed by atoms with Gasteiger partial charge >= 0.3 is 11.9 Å². The third-order valence-corrected chi connectivity index (χ3v) is 23.6. The first kappa shape index (κ1) is 61.6. The summed E-state index contributed by atoms with van der Waals surface area (Å²) in [6.07, 6.45) is 22.5. The first-order valence-corrected chi connectivity index (χ1v) is 33.9. The Labute approximate surface area is 521 Å². The lowest BCUT2D eigenvalue weighted by Gasteiger charge is -2.59. The number of rotatable bonds is 17. The van der Waals surface area contributed by atoms with Gasteiger partial charge in [0.15, 0.2) is 29.5 Å². The van der Waals surface area contributed by atoms with E-state index in [1.165, 1.54) is 33.9 Å². The van der Waals surface area contributed by atoms with Gasteiger partial charge in [0.1, 0.15) is 6.54 Å². The number of benzene rings is 2. The second-order valence-corrected chi connectivity index (χ2v) is 29.8. The fraction of sp³-hybridized carbons (Fsp3) is 0.681. The lowest BCUT2D eigenvalue weighted by atomic mass is 9.58. The number of nitrogens with zero attached hydrogens (tertiary/aromatic N) is 2. The van der Waals surface area contributed by atoms with E-state index in [1.807, 2.05) is 13.8 Å². The van der Waals surface area contributed by atoms with Crippen molar-refractivity contribution in [1.29, 1.82) is 0 Å². The zero-order chi connectivity index (χ0) is 60.8. The van der Waals surface area contributed by atoms with Crippen LogP contribution in [0.1, 0.15) is 202 Å². The average Bonchev–Trinajstić information content (AvgIpc) is 1.76. The second-order valence-electron chi connectivity index (χ2n) is 29.4. The number of hydrogen-bond acceptors (Lipinski definition) is 13. The van der Waals surface area contributed by atoms with E-state index >= 15 is 0 Å². The maximum Gasteiger partial charge on any atom is 0.308 e. The largest absolute Gasteiger partial charge is 0.435 e. The molecule has 15 rings (SSSR count). The molecule has 0 radical (unpaired) electrons. The van der Waals surface area contributed by atoms with Gasteiger partial charge in [-0.15, -0.1) is 0 Å². The third kappa shape index (κ3) is 10.8. The van der Waals surface area contributed by atoms with Crippen molar-refractivity contribution in [2.75, 3.05) is 18.0 Å². The van der Waals surface area contributed by atoms with Crippen molar-refractivity contribution in [3.63, 3.8) is 0 Å². The first-order chi connectivity index (χ1) is 41.7. The predicted octanol–water partition coefficient (Wildman–Crippen LogP) is 15.5. The van der Waals surface area contributed by atoms with Gasteiger partial charge in [-0.05, 0) is 164 Å². The van der Waals surface area contributed by atoms with Gasteiger partial charge < -0.3 is 33.3 Å². The van der Waals surface area contributed by atoms with Crippen molar-refractivity contribution < 1.29 is 62.1 Å². The summed E-state index contributed by atoms with van der Waals surface area (Å²) in [6, 6.07) is 17.5. The van der Waals surface area contributed by atoms with Crippen LogP contribution in [-0.2, 0) is 68.4 Å². The van der Waals surface area contributed by atoms with E-state index in [-0.39, 0.29) is 58.3 Å². The van der Waals surface area contributed by atoms with Crippen molar-refractivity contribution in [3.05, 3.63) is 106 Å². The Morgan fingerprint density at radius 2 is 1.18 bits per heavy atom. The SMILES string of the molecule is C[C@@H]1CC[C@H]2[C@@H](C)C(OC(=O)CCCCCN3/C(=C/C=C4\CCCC(/C=C/C5=[N+](CCCCCC(=O)OC6O[C@@H]7O[C@]8(C)CC[C@H]9[C@H](C)CC[C@@H]([C@H]6C)[C@@]79OO8)c6ccccc6C5(C)C)=C4Cl)C(C)(C)c4ccccc43)O[C@@H]3O[C@]4(C)CC[C@@H]1[C@]32OO4. The van der Waals surface area contributed by atoms with Crippen LogP contribution in [0.25, 0.3) is 0 Å². The summed E-state index contributed by atoms with van der Waals surface area (Å²) in [5.74, 6) is -0.691. The highest BCUT2D eigenvalue weighted by atomic mass is 35.5. The molecule has 14 nitrogen and oxygen atoms in total. The molecule has 2 spiro atoms. The number of esters is 2. The molecule has 0 amide bonds. The molecule has 8 saturated heterocycles. The summed E-state index contributed by atoms with van der Waals surface area (Å²) in [5.41, 5.74) is 8.05. The summed E-state index contributed by atoms with van der Waals surface area (Å²) in [4.78, 5) is 54.2. The molecule has 16 atom stereocenters. The fourth-order valence-corrected chi connectivity index (χ4v) is 18.5. The quantitative estimate of drug-likeness (QED) is 0.0645. The summed E-state index contributed by atoms with van der Waals surface area (Å²) in [7, 11) is 0. The van der Waals surface area contributed by atoms with Crippen LogP contribution in [0.3, 0.4) is 0 Å². The highest BCUT2D eigenvalue weighted by Gasteiger charge is 2.71. The van der Waals surface area contributed by atoms with Crippen LogP contribution in [0.4, 0.5) is 11.4 Å². The minimum absolute atomic E-state index is 0.0555. The molecule has 0 N–H and O–H groups in total. The number of ether oxygens (including phenoxy) is 6. The van der Waals surface area contributed by atoms with E-state index in [1.54, 1.807) is 0 Å². The number of allylic oxidation sites excluding steroid dienone is 8. The van der Waals surface area contributed by atoms with Crippen molar-refractivity contribution in [2.45, 2.75) is 250 Å². The van der Waals surface area contributed by atoms with E-state index in [4.69, 9.17) is 59.6 Å². The van der Waals surface area contributed by atoms with Crippen molar-refractivity contribution >= 4 is 40.6 Å². The van der Waals surface area contributed by atoms with Crippen LogP contribution < -0.4 is 4.90 Å². The van der Waals surface area contributed by atoms with Gasteiger partial charge in [0.25, 0.3) is 0 Å². The molecule has 10 fully saturated rings. The van der Waals surface area contributed by atoms with Gasteiger partial charge in [-0.1, -0.05) is 108 Å². The number of carbonyl (C=O) groups is 2. The molecule has 10 aliphatic heterocycles. The van der Waals surface area contributed by atoms with E-state index in [2.05, 4.69) is 138 Å². The maximum absolute atomic E-state index is 13.6. The molecule has 15 heteroatoms. The van der Waals surface area contributed by atoms with Gasteiger partial charge in [0.2, 0.25) is 29.8 Å². The molecular formula is C72H96ClN2O12+. The molecule has 2 aromatic rings. The van der Waals surface area contributed by atoms with Gasteiger partial charge in [0.05, 0.1) is 5.41 Å². The average molecular weight is 1220 g/mol. The minimum Gasteiger partial charge on any atom is -0.435 e. The van der Waals surface area contributed by atoms with E-state index in [0.717, 1.165) is 138 Å². The normalized spacial score (nSPS) is 39.6. The molecule has 13 aliphatic rings. The van der Waals surface area contributed by atoms with Crippen LogP contribution in [0.5, 0.6) is 0 Å². The summed E-state index contributed by atoms with van der Waals surface area (Å²) < 4.78 is 40.9. The van der Waals surface area contributed by atoms with Crippen molar-refractivity contribution in [3.8, 4) is 0 Å². The zero-order valence-electron chi connectivity index (χ0n) is 53.4. The molecule has 2 aromatic carbocycles. The topological polar surface area (TPSA) is 133 Å². The number of fused-ring (bicyclic) bond motifs is 6. The number of carbonyl (C=O) groups excluding carboxylic acids is 2. The highest BCUT2D eigenvalue weighted by Crippen LogP contribution is 2.63. The molecule has 2 saturated carbocycles. The number of hydrogen-bond donors (Lipinski definition) is 0. The number of para-hydroxylation sites is 2. The molecule has 0 aromatic heterocycles. The van der Waals surface area contributed by atoms with E-state index in [9.17, 15) is 9.59 Å². The highest BCUT2D eigenvalue weighted by molar-refractivity contribution is 6.32. The van der Waals surface area contributed by atoms with E-state index < -0.39 is 47.9 Å². The first-order valence-electron chi connectivity index (χ1n) is 33.6. The summed E-state index contributed by atoms with van der Waals surface area (Å²) in [5, 5.41) is 0.833. The second kappa shape index (κ2) is 23.8. The Bertz CT molecular complexity index is 3130. The third-order valence-electron chi connectivity index (χ3n) is 23.2. The Hall–Kier alpha value is -4.22. The summed E-state index contributed by atoms with van der Waals surface area (Å²) >= 11 is 7.48. The lowest BCUT2D eigenvalue weighted by molar-refractivity contribution is -0.576. The van der Waals surface area contributed by atoms with Gasteiger partial charge in [-0.3, -0.25) is 9.59 Å². The smallest absolute Gasteiger partial charge is 0.308 e. The van der Waals surface area contributed by atoms with Crippen LogP contribution in [-0.4, -0.2) is 83.3 Å². The van der Waals surface area contributed by atoms with Crippen LogP contribution >= 0.6 is 11.6 Å². The molecule has 10 heterocycles. The molecular weight excluding hydrogens is 1120 g/mol. The van der Waals surface area contributed by atoms with Crippen LogP contribution in [0, 0.1) is 47.3 Å². The number of halogens is 1. The molecule has 4 bridgehead atoms. The van der Waals surface area contributed by atoms with E-state index in [0.29, 0.717) is 24.7 Å². The van der Waals surface area contributed by atoms with Gasteiger partial charge in [-0.2, -0.15) is 4.58 Å².